The van der Waals surface area contributed by atoms with E-state index in [1.165, 1.54) is 0 Å². The van der Waals surface area contributed by atoms with E-state index in [0.29, 0.717) is 18.0 Å². The van der Waals surface area contributed by atoms with Crippen molar-refractivity contribution in [2.24, 2.45) is 5.92 Å². The monoisotopic (exact) mass is 292 g/mol. The van der Waals surface area contributed by atoms with Gasteiger partial charge < -0.3 is 15.7 Å². The molecule has 1 aromatic carbocycles. The summed E-state index contributed by atoms with van der Waals surface area (Å²) in [6.07, 6.45) is -0.0544. The van der Waals surface area contributed by atoms with Gasteiger partial charge in [-0.3, -0.25) is 9.59 Å². The normalized spacial score (nSPS) is 12.1. The lowest BCUT2D eigenvalue weighted by atomic mass is 10.1. The standard InChI is InChI=1S/C16H24N2O3/c1-10(2)7-13(19)9-17-15(20)16(21)18-14-8-11(3)5-6-12(14)4/h5-6,8,10,13,19H,7,9H2,1-4H3,(H,17,20)(H,18,21). The van der Waals surface area contributed by atoms with Gasteiger partial charge in [-0.05, 0) is 43.4 Å². The second kappa shape index (κ2) is 7.78. The molecule has 1 aromatic rings. The number of aryl methyl sites for hydroxylation is 2. The zero-order valence-electron chi connectivity index (χ0n) is 13.1. The number of aliphatic hydroxyl groups is 1. The van der Waals surface area contributed by atoms with Crippen molar-refractivity contribution in [2.45, 2.75) is 40.2 Å². The number of hydrogen-bond donors (Lipinski definition) is 3. The van der Waals surface area contributed by atoms with Gasteiger partial charge in [0.2, 0.25) is 0 Å². The van der Waals surface area contributed by atoms with Crippen LogP contribution in [0.25, 0.3) is 0 Å². The Morgan fingerprint density at radius 3 is 2.48 bits per heavy atom. The summed E-state index contributed by atoms with van der Waals surface area (Å²) in [5, 5.41) is 14.7. The molecule has 0 saturated heterocycles. The van der Waals surface area contributed by atoms with E-state index in [1.54, 1.807) is 0 Å². The number of benzene rings is 1. The van der Waals surface area contributed by atoms with Gasteiger partial charge in [0.25, 0.3) is 0 Å². The number of anilines is 1. The molecular formula is C16H24N2O3. The van der Waals surface area contributed by atoms with Crippen LogP contribution in [0.4, 0.5) is 5.69 Å². The van der Waals surface area contributed by atoms with Crippen LogP contribution in [-0.2, 0) is 9.59 Å². The zero-order chi connectivity index (χ0) is 16.0. The quantitative estimate of drug-likeness (QED) is 0.724. The highest BCUT2D eigenvalue weighted by Crippen LogP contribution is 2.16. The molecule has 5 nitrogen and oxygen atoms in total. The first kappa shape index (κ1) is 17.2. The molecule has 0 aliphatic heterocycles. The number of rotatable bonds is 5. The zero-order valence-corrected chi connectivity index (χ0v) is 13.1. The smallest absolute Gasteiger partial charge is 0.313 e. The molecule has 1 atom stereocenters. The number of hydrogen-bond acceptors (Lipinski definition) is 3. The average Bonchev–Trinajstić information content (AvgIpc) is 2.39. The maximum atomic E-state index is 11.8. The van der Waals surface area contributed by atoms with Crippen molar-refractivity contribution in [3.8, 4) is 0 Å². The first-order chi connectivity index (χ1) is 9.79. The Morgan fingerprint density at radius 1 is 1.19 bits per heavy atom. The lowest BCUT2D eigenvalue weighted by Gasteiger charge is -2.14. The van der Waals surface area contributed by atoms with E-state index in [9.17, 15) is 14.7 Å². The summed E-state index contributed by atoms with van der Waals surface area (Å²) in [6, 6.07) is 5.64. The molecule has 0 heterocycles. The van der Waals surface area contributed by atoms with Crippen LogP contribution < -0.4 is 10.6 Å². The Kier molecular flexibility index (Phi) is 6.37. The van der Waals surface area contributed by atoms with Crippen LogP contribution in [0.15, 0.2) is 18.2 Å². The summed E-state index contributed by atoms with van der Waals surface area (Å²) in [5.41, 5.74) is 2.52. The van der Waals surface area contributed by atoms with E-state index < -0.39 is 17.9 Å². The average molecular weight is 292 g/mol. The van der Waals surface area contributed by atoms with Gasteiger partial charge in [0.15, 0.2) is 0 Å². The van der Waals surface area contributed by atoms with E-state index in [1.807, 2.05) is 45.9 Å². The highest BCUT2D eigenvalue weighted by Gasteiger charge is 2.16. The first-order valence-electron chi connectivity index (χ1n) is 7.14. The van der Waals surface area contributed by atoms with Crippen LogP contribution in [0.3, 0.4) is 0 Å². The van der Waals surface area contributed by atoms with Crippen LogP contribution in [0.2, 0.25) is 0 Å². The SMILES string of the molecule is Cc1ccc(C)c(NC(=O)C(=O)NCC(O)CC(C)C)c1. The van der Waals surface area contributed by atoms with Crippen molar-refractivity contribution >= 4 is 17.5 Å². The molecule has 0 aliphatic rings. The van der Waals surface area contributed by atoms with E-state index in [2.05, 4.69) is 10.6 Å². The molecule has 0 bridgehead atoms. The summed E-state index contributed by atoms with van der Waals surface area (Å²) >= 11 is 0. The Balaban J connectivity index is 2.51. The Hall–Kier alpha value is -1.88. The van der Waals surface area contributed by atoms with Crippen molar-refractivity contribution in [3.63, 3.8) is 0 Å². The van der Waals surface area contributed by atoms with Gasteiger partial charge in [-0.2, -0.15) is 0 Å². The molecule has 1 rings (SSSR count). The topological polar surface area (TPSA) is 78.4 Å². The number of carbonyl (C=O) groups excluding carboxylic acids is 2. The summed E-state index contributed by atoms with van der Waals surface area (Å²) in [4.78, 5) is 23.5. The summed E-state index contributed by atoms with van der Waals surface area (Å²) in [5.74, 6) is -1.13. The van der Waals surface area contributed by atoms with E-state index in [-0.39, 0.29) is 6.54 Å². The molecule has 2 amide bonds. The second-order valence-electron chi connectivity index (χ2n) is 5.77. The molecule has 21 heavy (non-hydrogen) atoms. The number of aliphatic hydroxyl groups excluding tert-OH is 1. The Bertz CT molecular complexity index is 512. The Morgan fingerprint density at radius 2 is 1.86 bits per heavy atom. The van der Waals surface area contributed by atoms with Gasteiger partial charge in [0, 0.05) is 12.2 Å². The van der Waals surface area contributed by atoms with Gasteiger partial charge in [0.1, 0.15) is 0 Å². The van der Waals surface area contributed by atoms with Crippen molar-refractivity contribution in [3.05, 3.63) is 29.3 Å². The van der Waals surface area contributed by atoms with Crippen LogP contribution in [0.1, 0.15) is 31.4 Å². The van der Waals surface area contributed by atoms with Gasteiger partial charge in [-0.15, -0.1) is 0 Å². The highest BCUT2D eigenvalue weighted by molar-refractivity contribution is 6.39. The molecule has 116 valence electrons. The summed E-state index contributed by atoms with van der Waals surface area (Å²) < 4.78 is 0. The predicted molar refractivity (Wildman–Crippen MR) is 83.0 cm³/mol. The van der Waals surface area contributed by atoms with Crippen LogP contribution in [-0.4, -0.2) is 29.6 Å². The van der Waals surface area contributed by atoms with E-state index >= 15 is 0 Å². The fourth-order valence-corrected chi connectivity index (χ4v) is 1.97. The van der Waals surface area contributed by atoms with Crippen molar-refractivity contribution in [2.75, 3.05) is 11.9 Å². The van der Waals surface area contributed by atoms with Gasteiger partial charge in [-0.25, -0.2) is 0 Å². The lowest BCUT2D eigenvalue weighted by Crippen LogP contribution is -2.39. The number of amides is 2. The predicted octanol–water partition coefficient (Wildman–Crippen LogP) is 1.77. The van der Waals surface area contributed by atoms with Crippen molar-refractivity contribution < 1.29 is 14.7 Å². The molecule has 0 aliphatic carbocycles. The molecule has 0 spiro atoms. The third-order valence-corrected chi connectivity index (χ3v) is 3.09. The largest absolute Gasteiger partial charge is 0.391 e. The van der Waals surface area contributed by atoms with E-state index in [4.69, 9.17) is 0 Å². The summed E-state index contributed by atoms with van der Waals surface area (Å²) in [7, 11) is 0. The molecule has 0 radical (unpaired) electrons. The highest BCUT2D eigenvalue weighted by atomic mass is 16.3. The minimum atomic E-state index is -0.737. The fraction of sp³-hybridized carbons (Fsp3) is 0.500. The fourth-order valence-electron chi connectivity index (χ4n) is 1.97. The third kappa shape index (κ3) is 5.95. The van der Waals surface area contributed by atoms with Gasteiger partial charge >= 0.3 is 11.8 Å². The molecule has 1 unspecified atom stereocenters. The maximum absolute atomic E-state index is 11.8. The molecule has 0 saturated carbocycles. The third-order valence-electron chi connectivity index (χ3n) is 3.09. The second-order valence-corrected chi connectivity index (χ2v) is 5.77. The molecule has 5 heteroatoms. The van der Waals surface area contributed by atoms with Crippen molar-refractivity contribution in [1.29, 1.82) is 0 Å². The summed E-state index contributed by atoms with van der Waals surface area (Å²) in [6.45, 7) is 7.82. The van der Waals surface area contributed by atoms with Crippen LogP contribution >= 0.6 is 0 Å². The van der Waals surface area contributed by atoms with Crippen LogP contribution in [0, 0.1) is 19.8 Å². The van der Waals surface area contributed by atoms with Crippen LogP contribution in [0.5, 0.6) is 0 Å². The molecule has 0 aromatic heterocycles. The minimum absolute atomic E-state index is 0.0806. The minimum Gasteiger partial charge on any atom is -0.391 e. The number of carbonyl (C=O) groups is 2. The lowest BCUT2D eigenvalue weighted by molar-refractivity contribution is -0.136. The maximum Gasteiger partial charge on any atom is 0.313 e. The van der Waals surface area contributed by atoms with Gasteiger partial charge in [0.05, 0.1) is 6.10 Å². The van der Waals surface area contributed by atoms with E-state index in [0.717, 1.165) is 11.1 Å². The molecule has 3 N–H and O–H groups in total. The Labute approximate surface area is 125 Å². The van der Waals surface area contributed by atoms with Gasteiger partial charge in [-0.1, -0.05) is 26.0 Å². The molecule has 0 fully saturated rings. The van der Waals surface area contributed by atoms with Crippen molar-refractivity contribution in [1.82, 2.24) is 5.32 Å². The number of nitrogens with one attached hydrogen (secondary N) is 2. The molecular weight excluding hydrogens is 268 g/mol. The first-order valence-corrected chi connectivity index (χ1v) is 7.14.